The zero-order valence-corrected chi connectivity index (χ0v) is 18.9. The fraction of sp³-hybridized carbons (Fsp3) is 0.435. The Morgan fingerprint density at radius 1 is 1.29 bits per heavy atom. The zero-order valence-electron chi connectivity index (χ0n) is 18.1. The summed E-state index contributed by atoms with van der Waals surface area (Å²) in [5.74, 6) is 1.33. The molecule has 0 radical (unpaired) electrons. The summed E-state index contributed by atoms with van der Waals surface area (Å²) in [6.07, 6.45) is 7.70. The molecule has 1 aromatic carbocycles. The average molecular weight is 440 g/mol. The van der Waals surface area contributed by atoms with Crippen LogP contribution in [0.4, 0.5) is 0 Å². The molecule has 2 aromatic heterocycles. The van der Waals surface area contributed by atoms with Crippen molar-refractivity contribution >= 4 is 17.2 Å². The minimum Gasteiger partial charge on any atom is -0.493 e. The van der Waals surface area contributed by atoms with E-state index in [9.17, 15) is 4.79 Å². The molecule has 1 amide bonds. The summed E-state index contributed by atoms with van der Waals surface area (Å²) in [4.78, 5) is 21.5. The molecule has 1 saturated heterocycles. The lowest BCUT2D eigenvalue weighted by Gasteiger charge is -2.32. The molecule has 0 saturated carbocycles. The van der Waals surface area contributed by atoms with Crippen molar-refractivity contribution in [2.45, 2.75) is 25.9 Å². The van der Waals surface area contributed by atoms with Crippen LogP contribution >= 0.6 is 11.3 Å². The van der Waals surface area contributed by atoms with E-state index in [4.69, 9.17) is 4.74 Å². The Morgan fingerprint density at radius 2 is 2.16 bits per heavy atom. The fourth-order valence-electron chi connectivity index (χ4n) is 4.04. The van der Waals surface area contributed by atoms with Crippen molar-refractivity contribution in [2.24, 2.45) is 13.0 Å². The number of hydrogen-bond donors (Lipinski definition) is 0. The van der Waals surface area contributed by atoms with Crippen LogP contribution in [0.2, 0.25) is 0 Å². The molecule has 3 aromatic rings. The van der Waals surface area contributed by atoms with Gasteiger partial charge >= 0.3 is 0 Å². The van der Waals surface area contributed by atoms with E-state index < -0.39 is 0 Å². The van der Waals surface area contributed by atoms with Gasteiger partial charge in [-0.1, -0.05) is 12.1 Å². The molecule has 4 rings (SSSR count). The summed E-state index contributed by atoms with van der Waals surface area (Å²) >= 11 is 1.40. The lowest BCUT2D eigenvalue weighted by atomic mass is 9.99. The van der Waals surface area contributed by atoms with E-state index in [0.29, 0.717) is 17.4 Å². The number of benzene rings is 1. The van der Waals surface area contributed by atoms with Crippen molar-refractivity contribution in [1.29, 1.82) is 0 Å². The van der Waals surface area contributed by atoms with E-state index in [1.807, 2.05) is 41.2 Å². The smallest absolute Gasteiger partial charge is 0.265 e. The Morgan fingerprint density at radius 3 is 2.94 bits per heavy atom. The van der Waals surface area contributed by atoms with Gasteiger partial charge in [-0.25, -0.2) is 0 Å². The Hall–Kier alpha value is -2.71. The van der Waals surface area contributed by atoms with Gasteiger partial charge in [-0.2, -0.15) is 5.10 Å². The Kier molecular flexibility index (Phi) is 6.99. The average Bonchev–Trinajstić information content (AvgIpc) is 3.44. The summed E-state index contributed by atoms with van der Waals surface area (Å²) in [7, 11) is 4.04. The molecule has 0 bridgehead atoms. The second-order valence-corrected chi connectivity index (χ2v) is 9.16. The predicted octanol–water partition coefficient (Wildman–Crippen LogP) is 3.44. The number of amides is 1. The van der Waals surface area contributed by atoms with Crippen LogP contribution in [-0.4, -0.2) is 57.2 Å². The third-order valence-electron chi connectivity index (χ3n) is 5.50. The monoisotopic (exact) mass is 439 g/mol. The number of aryl methyl sites for hydroxylation is 1. The fourth-order valence-corrected chi connectivity index (χ4v) is 4.63. The highest BCUT2D eigenvalue weighted by Crippen LogP contribution is 2.22. The summed E-state index contributed by atoms with van der Waals surface area (Å²) in [6, 6.07) is 8.29. The van der Waals surface area contributed by atoms with Crippen LogP contribution < -0.4 is 4.74 Å². The second-order valence-electron chi connectivity index (χ2n) is 8.28. The quantitative estimate of drug-likeness (QED) is 0.538. The van der Waals surface area contributed by atoms with E-state index in [1.165, 1.54) is 22.5 Å². The largest absolute Gasteiger partial charge is 0.493 e. The number of ether oxygens (including phenoxy) is 1. The Labute approximate surface area is 187 Å². The summed E-state index contributed by atoms with van der Waals surface area (Å²) in [6.45, 7) is 3.87. The summed E-state index contributed by atoms with van der Waals surface area (Å²) in [5, 5.41) is 4.23. The number of carbonyl (C=O) groups is 1. The number of piperidine rings is 1. The first-order valence-corrected chi connectivity index (χ1v) is 11.5. The molecule has 0 unspecified atom stereocenters. The number of aromatic nitrogens is 3. The maximum absolute atomic E-state index is 12.6. The number of hydrogen-bond acceptors (Lipinski definition) is 6. The number of nitrogens with zero attached hydrogens (tertiary/aromatic N) is 5. The van der Waals surface area contributed by atoms with Gasteiger partial charge in [0.15, 0.2) is 0 Å². The molecule has 3 heterocycles. The van der Waals surface area contributed by atoms with Gasteiger partial charge in [0.25, 0.3) is 5.91 Å². The second kappa shape index (κ2) is 10.1. The number of thiazole rings is 1. The molecular weight excluding hydrogens is 410 g/mol. The minimum atomic E-state index is 0.0888. The third kappa shape index (κ3) is 5.92. The maximum Gasteiger partial charge on any atom is 0.265 e. The van der Waals surface area contributed by atoms with E-state index in [2.05, 4.69) is 34.2 Å². The van der Waals surface area contributed by atoms with Crippen molar-refractivity contribution in [2.75, 3.05) is 26.7 Å². The molecule has 31 heavy (non-hydrogen) atoms. The van der Waals surface area contributed by atoms with Crippen molar-refractivity contribution < 1.29 is 9.53 Å². The Balaban J connectivity index is 1.28. The van der Waals surface area contributed by atoms with Crippen molar-refractivity contribution in [1.82, 2.24) is 24.6 Å². The molecule has 1 aliphatic heterocycles. The normalized spacial score (nSPS) is 16.6. The predicted molar refractivity (Wildman–Crippen MR) is 121 cm³/mol. The lowest BCUT2D eigenvalue weighted by Crippen LogP contribution is -2.41. The molecule has 8 heteroatoms. The molecule has 1 aliphatic rings. The van der Waals surface area contributed by atoms with Crippen LogP contribution in [0.3, 0.4) is 0 Å². The van der Waals surface area contributed by atoms with Crippen LogP contribution in [0.25, 0.3) is 0 Å². The topological polar surface area (TPSA) is 63.5 Å². The molecule has 1 atom stereocenters. The molecular formula is C23H29N5O2S. The molecule has 0 spiro atoms. The van der Waals surface area contributed by atoms with Gasteiger partial charge in [0.1, 0.15) is 10.6 Å². The number of likely N-dealkylation sites (tertiary alicyclic amines) is 1. The molecule has 164 valence electrons. The Bertz CT molecular complexity index is 988. The van der Waals surface area contributed by atoms with Gasteiger partial charge in [0.05, 0.1) is 24.5 Å². The first kappa shape index (κ1) is 21.5. The molecule has 0 aliphatic carbocycles. The molecule has 0 N–H and O–H groups in total. The van der Waals surface area contributed by atoms with Crippen LogP contribution in [0.15, 0.2) is 48.4 Å². The van der Waals surface area contributed by atoms with E-state index in [1.54, 1.807) is 11.7 Å². The summed E-state index contributed by atoms with van der Waals surface area (Å²) in [5.41, 5.74) is 4.13. The van der Waals surface area contributed by atoms with Crippen molar-refractivity contribution in [3.05, 3.63) is 64.4 Å². The van der Waals surface area contributed by atoms with Crippen LogP contribution in [-0.2, 0) is 20.1 Å². The zero-order chi connectivity index (χ0) is 21.6. The van der Waals surface area contributed by atoms with Gasteiger partial charge in [0.2, 0.25) is 0 Å². The van der Waals surface area contributed by atoms with Gasteiger partial charge in [-0.3, -0.25) is 19.4 Å². The van der Waals surface area contributed by atoms with Crippen LogP contribution in [0.1, 0.15) is 33.6 Å². The van der Waals surface area contributed by atoms with E-state index >= 15 is 0 Å². The lowest BCUT2D eigenvalue weighted by molar-refractivity contribution is 0.0638. The van der Waals surface area contributed by atoms with Crippen molar-refractivity contribution in [3.8, 4) is 5.75 Å². The molecule has 1 fully saturated rings. The minimum absolute atomic E-state index is 0.0888. The van der Waals surface area contributed by atoms with Gasteiger partial charge in [-0.15, -0.1) is 11.3 Å². The number of rotatable bonds is 8. The highest BCUT2D eigenvalue weighted by molar-refractivity contribution is 7.11. The van der Waals surface area contributed by atoms with Crippen molar-refractivity contribution in [3.63, 3.8) is 0 Å². The van der Waals surface area contributed by atoms with Gasteiger partial charge in [0, 0.05) is 50.9 Å². The molecule has 7 nitrogen and oxygen atoms in total. The standard InChI is InChI=1S/C23H29N5O2S/c1-26(13-20-10-25-27(2)14-20)12-18-5-3-7-21(9-18)30-16-19-6-4-8-28(15-19)23(29)22-11-24-17-31-22/h3,5,7,9-11,14,17,19H,4,6,8,12-13,15-16H2,1-2H3/t19-/m0/s1. The highest BCUT2D eigenvalue weighted by Gasteiger charge is 2.25. The summed E-state index contributed by atoms with van der Waals surface area (Å²) < 4.78 is 7.96. The SMILES string of the molecule is CN(Cc1cccc(OC[C@H]2CCCN(C(=O)c3cncs3)C2)c1)Cc1cnn(C)c1. The maximum atomic E-state index is 12.6. The van der Waals surface area contributed by atoms with Crippen LogP contribution in [0.5, 0.6) is 5.75 Å². The first-order chi connectivity index (χ1) is 15.1. The first-order valence-electron chi connectivity index (χ1n) is 10.6. The van der Waals surface area contributed by atoms with E-state index in [-0.39, 0.29) is 5.91 Å². The number of carbonyl (C=O) groups excluding carboxylic acids is 1. The highest BCUT2D eigenvalue weighted by atomic mass is 32.1. The van der Waals surface area contributed by atoms with Gasteiger partial charge in [-0.05, 0) is 37.6 Å². The van der Waals surface area contributed by atoms with Crippen LogP contribution in [0, 0.1) is 5.92 Å². The van der Waals surface area contributed by atoms with Gasteiger partial charge < -0.3 is 9.64 Å². The third-order valence-corrected chi connectivity index (χ3v) is 6.26. The van der Waals surface area contributed by atoms with E-state index in [0.717, 1.165) is 44.8 Å².